The SMILES string of the molecule is COC(=O)c1c(NC(=S)Nc2ccccc2OC)sc(C)c1C. The van der Waals surface area contributed by atoms with Crippen molar-refractivity contribution in [2.24, 2.45) is 0 Å². The first-order valence-electron chi connectivity index (χ1n) is 6.87. The van der Waals surface area contributed by atoms with Gasteiger partial charge in [0.15, 0.2) is 5.11 Å². The van der Waals surface area contributed by atoms with Crippen LogP contribution in [0.15, 0.2) is 24.3 Å². The smallest absolute Gasteiger partial charge is 0.341 e. The average molecular weight is 350 g/mol. The van der Waals surface area contributed by atoms with Crippen molar-refractivity contribution >= 4 is 45.3 Å². The van der Waals surface area contributed by atoms with E-state index in [2.05, 4.69) is 10.6 Å². The monoisotopic (exact) mass is 350 g/mol. The molecule has 1 aromatic heterocycles. The highest BCUT2D eigenvalue weighted by Gasteiger charge is 2.20. The summed E-state index contributed by atoms with van der Waals surface area (Å²) in [7, 11) is 2.96. The molecule has 0 bridgehead atoms. The molecule has 0 aliphatic heterocycles. The van der Waals surface area contributed by atoms with Crippen LogP contribution in [-0.4, -0.2) is 25.3 Å². The lowest BCUT2D eigenvalue weighted by Crippen LogP contribution is -2.20. The number of para-hydroxylation sites is 2. The van der Waals surface area contributed by atoms with Gasteiger partial charge in [0.2, 0.25) is 0 Å². The standard InChI is InChI=1S/C16H18N2O3S2/c1-9-10(2)23-14(13(9)15(19)21-4)18-16(22)17-11-7-5-6-8-12(11)20-3/h5-8H,1-4H3,(H2,17,18,22). The molecule has 23 heavy (non-hydrogen) atoms. The second-order valence-electron chi connectivity index (χ2n) is 4.76. The Hall–Kier alpha value is -2.12. The first kappa shape index (κ1) is 17.2. The first-order chi connectivity index (χ1) is 11.0. The first-order valence-corrected chi connectivity index (χ1v) is 8.09. The lowest BCUT2D eigenvalue weighted by Gasteiger charge is -2.13. The maximum atomic E-state index is 12.0. The Morgan fingerprint density at radius 3 is 2.52 bits per heavy atom. The molecule has 0 aliphatic carbocycles. The topological polar surface area (TPSA) is 59.6 Å². The fourth-order valence-electron chi connectivity index (χ4n) is 2.07. The molecule has 1 heterocycles. The molecule has 0 spiro atoms. The van der Waals surface area contributed by atoms with E-state index in [4.69, 9.17) is 21.7 Å². The summed E-state index contributed by atoms with van der Waals surface area (Å²) in [6.45, 7) is 3.84. The number of benzene rings is 1. The van der Waals surface area contributed by atoms with E-state index in [-0.39, 0.29) is 5.97 Å². The van der Waals surface area contributed by atoms with Crippen LogP contribution in [0.3, 0.4) is 0 Å². The normalized spacial score (nSPS) is 10.1. The van der Waals surface area contributed by atoms with E-state index >= 15 is 0 Å². The van der Waals surface area contributed by atoms with Crippen molar-refractivity contribution in [2.75, 3.05) is 24.9 Å². The van der Waals surface area contributed by atoms with Gasteiger partial charge in [0.05, 0.1) is 25.5 Å². The van der Waals surface area contributed by atoms with Crippen LogP contribution in [0.5, 0.6) is 5.75 Å². The van der Waals surface area contributed by atoms with E-state index < -0.39 is 0 Å². The average Bonchev–Trinajstić information content (AvgIpc) is 2.81. The number of esters is 1. The number of hydrogen-bond acceptors (Lipinski definition) is 5. The van der Waals surface area contributed by atoms with E-state index in [9.17, 15) is 4.79 Å². The molecule has 122 valence electrons. The van der Waals surface area contributed by atoms with Crippen LogP contribution < -0.4 is 15.4 Å². The number of hydrogen-bond donors (Lipinski definition) is 2. The van der Waals surface area contributed by atoms with Gasteiger partial charge in [-0.25, -0.2) is 4.79 Å². The fraction of sp³-hybridized carbons (Fsp3) is 0.250. The number of thiophene rings is 1. The molecule has 1 aromatic carbocycles. The quantitative estimate of drug-likeness (QED) is 0.643. The lowest BCUT2D eigenvalue weighted by atomic mass is 10.1. The van der Waals surface area contributed by atoms with Crippen LogP contribution in [0.4, 0.5) is 10.7 Å². The van der Waals surface area contributed by atoms with Gasteiger partial charge < -0.3 is 20.1 Å². The molecular formula is C16H18N2O3S2. The second-order valence-corrected chi connectivity index (χ2v) is 6.39. The zero-order valence-corrected chi connectivity index (χ0v) is 15.0. The summed E-state index contributed by atoms with van der Waals surface area (Å²) in [5, 5.41) is 7.18. The molecule has 7 heteroatoms. The molecule has 0 saturated heterocycles. The molecule has 0 radical (unpaired) electrons. The number of methoxy groups -OCH3 is 2. The largest absolute Gasteiger partial charge is 0.495 e. The van der Waals surface area contributed by atoms with E-state index in [1.54, 1.807) is 7.11 Å². The number of ether oxygens (including phenoxy) is 2. The van der Waals surface area contributed by atoms with Crippen LogP contribution in [-0.2, 0) is 4.74 Å². The van der Waals surface area contributed by atoms with Crippen molar-refractivity contribution < 1.29 is 14.3 Å². The molecule has 0 saturated carbocycles. The summed E-state index contributed by atoms with van der Waals surface area (Å²) in [5.74, 6) is 0.304. The van der Waals surface area contributed by atoms with Crippen LogP contribution in [0, 0.1) is 13.8 Å². The number of thiocarbonyl (C=S) groups is 1. The zero-order valence-electron chi connectivity index (χ0n) is 13.4. The number of carbonyl (C=O) groups excluding carboxylic acids is 1. The van der Waals surface area contributed by atoms with E-state index in [0.29, 0.717) is 21.4 Å². The highest BCUT2D eigenvalue weighted by molar-refractivity contribution is 7.80. The molecule has 0 atom stereocenters. The van der Waals surface area contributed by atoms with Crippen molar-refractivity contribution in [2.45, 2.75) is 13.8 Å². The Labute approximate surface area is 144 Å². The highest BCUT2D eigenvalue weighted by Crippen LogP contribution is 2.33. The molecular weight excluding hydrogens is 332 g/mol. The number of anilines is 2. The maximum Gasteiger partial charge on any atom is 0.341 e. The molecule has 0 amide bonds. The third kappa shape index (κ3) is 3.80. The molecule has 0 aliphatic rings. The second kappa shape index (κ2) is 7.43. The summed E-state index contributed by atoms with van der Waals surface area (Å²) in [6.07, 6.45) is 0. The van der Waals surface area contributed by atoms with Gasteiger partial charge in [-0.05, 0) is 43.8 Å². The predicted octanol–water partition coefficient (Wildman–Crippen LogP) is 3.97. The summed E-state index contributed by atoms with van der Waals surface area (Å²) >= 11 is 6.80. The molecule has 0 fully saturated rings. The van der Waals surface area contributed by atoms with Gasteiger partial charge in [-0.3, -0.25) is 0 Å². The number of aryl methyl sites for hydroxylation is 1. The molecule has 0 unspecified atom stereocenters. The summed E-state index contributed by atoms with van der Waals surface area (Å²) in [6, 6.07) is 7.46. The van der Waals surface area contributed by atoms with Gasteiger partial charge >= 0.3 is 5.97 Å². The van der Waals surface area contributed by atoms with E-state index in [0.717, 1.165) is 16.1 Å². The van der Waals surface area contributed by atoms with Crippen molar-refractivity contribution in [3.8, 4) is 5.75 Å². The third-order valence-electron chi connectivity index (χ3n) is 3.36. The van der Waals surface area contributed by atoms with Crippen LogP contribution >= 0.6 is 23.6 Å². The minimum absolute atomic E-state index is 0.376. The van der Waals surface area contributed by atoms with Crippen molar-refractivity contribution in [1.29, 1.82) is 0 Å². The van der Waals surface area contributed by atoms with Gasteiger partial charge in [-0.2, -0.15) is 0 Å². The maximum absolute atomic E-state index is 12.0. The van der Waals surface area contributed by atoms with Crippen molar-refractivity contribution in [3.63, 3.8) is 0 Å². The van der Waals surface area contributed by atoms with E-state index in [1.165, 1.54) is 18.4 Å². The van der Waals surface area contributed by atoms with Crippen LogP contribution in [0.25, 0.3) is 0 Å². The Balaban J connectivity index is 2.21. The minimum atomic E-state index is -0.380. The predicted molar refractivity (Wildman–Crippen MR) is 98.0 cm³/mol. The Kier molecular flexibility index (Phi) is 5.57. The van der Waals surface area contributed by atoms with Crippen molar-refractivity contribution in [3.05, 3.63) is 40.3 Å². The summed E-state index contributed by atoms with van der Waals surface area (Å²) in [5.41, 5.74) is 2.15. The number of rotatable bonds is 4. The van der Waals surface area contributed by atoms with Gasteiger partial charge in [-0.1, -0.05) is 12.1 Å². The minimum Gasteiger partial charge on any atom is -0.495 e. The lowest BCUT2D eigenvalue weighted by molar-refractivity contribution is 0.0601. The molecule has 2 aromatic rings. The van der Waals surface area contributed by atoms with Gasteiger partial charge in [0, 0.05) is 4.88 Å². The molecule has 5 nitrogen and oxygen atoms in total. The Morgan fingerprint density at radius 2 is 1.87 bits per heavy atom. The molecule has 2 N–H and O–H groups in total. The van der Waals surface area contributed by atoms with Gasteiger partial charge in [0.25, 0.3) is 0 Å². The highest BCUT2D eigenvalue weighted by atomic mass is 32.1. The number of nitrogens with one attached hydrogen (secondary N) is 2. The van der Waals surface area contributed by atoms with Crippen LogP contribution in [0.2, 0.25) is 0 Å². The van der Waals surface area contributed by atoms with Gasteiger partial charge in [-0.15, -0.1) is 11.3 Å². The fourth-order valence-corrected chi connectivity index (χ4v) is 3.40. The molecule has 2 rings (SSSR count). The summed E-state index contributed by atoms with van der Waals surface area (Å²) in [4.78, 5) is 13.0. The van der Waals surface area contributed by atoms with Gasteiger partial charge in [0.1, 0.15) is 10.8 Å². The zero-order chi connectivity index (χ0) is 17.0. The third-order valence-corrected chi connectivity index (χ3v) is 4.68. The Morgan fingerprint density at radius 1 is 1.17 bits per heavy atom. The summed E-state index contributed by atoms with van der Waals surface area (Å²) < 4.78 is 10.1. The number of carbonyl (C=O) groups is 1. The van der Waals surface area contributed by atoms with E-state index in [1.807, 2.05) is 38.1 Å². The van der Waals surface area contributed by atoms with Crippen LogP contribution in [0.1, 0.15) is 20.8 Å². The van der Waals surface area contributed by atoms with Crippen molar-refractivity contribution in [1.82, 2.24) is 0 Å². The Bertz CT molecular complexity index is 741.